The number of aryl methyl sites for hydroxylation is 1. The summed E-state index contributed by atoms with van der Waals surface area (Å²) in [5, 5.41) is 0. The van der Waals surface area contributed by atoms with Gasteiger partial charge >= 0.3 is 0 Å². The van der Waals surface area contributed by atoms with Crippen molar-refractivity contribution in [2.75, 3.05) is 6.61 Å². The number of hydrogen-bond acceptors (Lipinski definition) is 2. The van der Waals surface area contributed by atoms with Gasteiger partial charge in [0.25, 0.3) is 0 Å². The minimum atomic E-state index is 0.671. The Morgan fingerprint density at radius 3 is 2.73 bits per heavy atom. The number of hydrogen-bond donors (Lipinski definition) is 0. The fourth-order valence-electron chi connectivity index (χ4n) is 1.41. The molecular formula is C13H18O2. The molecule has 1 aromatic carbocycles. The summed E-state index contributed by atoms with van der Waals surface area (Å²) in [5.74, 6) is 0.966. The van der Waals surface area contributed by atoms with Gasteiger partial charge in [0.15, 0.2) is 0 Å². The topological polar surface area (TPSA) is 26.3 Å². The molecule has 0 heterocycles. The second-order valence-electron chi connectivity index (χ2n) is 3.63. The molecule has 0 unspecified atom stereocenters. The Kier molecular flexibility index (Phi) is 5.52. The van der Waals surface area contributed by atoms with Crippen molar-refractivity contribution in [2.24, 2.45) is 0 Å². The number of carbonyl (C=O) groups excluding carboxylic acids is 1. The number of para-hydroxylation sites is 1. The standard InChI is InChI=1S/C13H18O2/c1-12-8-4-5-9-13(12)15-11-7-3-2-6-10-14/h4-5,8-10H,2-3,6-7,11H2,1H3. The van der Waals surface area contributed by atoms with Gasteiger partial charge in [-0.15, -0.1) is 0 Å². The normalized spacial score (nSPS) is 9.93. The molecule has 0 saturated heterocycles. The van der Waals surface area contributed by atoms with Gasteiger partial charge in [-0.1, -0.05) is 18.2 Å². The highest BCUT2D eigenvalue weighted by atomic mass is 16.5. The quantitative estimate of drug-likeness (QED) is 0.506. The van der Waals surface area contributed by atoms with E-state index in [1.807, 2.05) is 31.2 Å². The van der Waals surface area contributed by atoms with Gasteiger partial charge in [0, 0.05) is 6.42 Å². The number of benzene rings is 1. The van der Waals surface area contributed by atoms with Crippen LogP contribution in [0, 0.1) is 6.92 Å². The Hall–Kier alpha value is -1.31. The molecular weight excluding hydrogens is 188 g/mol. The Balaban J connectivity index is 2.15. The minimum absolute atomic E-state index is 0.671. The zero-order valence-electron chi connectivity index (χ0n) is 9.24. The van der Waals surface area contributed by atoms with Gasteiger partial charge in [0.1, 0.15) is 12.0 Å². The summed E-state index contributed by atoms with van der Waals surface area (Å²) in [7, 11) is 0. The van der Waals surface area contributed by atoms with Crippen molar-refractivity contribution >= 4 is 6.29 Å². The van der Waals surface area contributed by atoms with E-state index in [-0.39, 0.29) is 0 Å². The molecule has 15 heavy (non-hydrogen) atoms. The average molecular weight is 206 g/mol. The lowest BCUT2D eigenvalue weighted by Gasteiger charge is -2.07. The second-order valence-corrected chi connectivity index (χ2v) is 3.63. The summed E-state index contributed by atoms with van der Waals surface area (Å²) in [4.78, 5) is 10.1. The van der Waals surface area contributed by atoms with Crippen molar-refractivity contribution in [1.82, 2.24) is 0 Å². The number of ether oxygens (including phenoxy) is 1. The van der Waals surface area contributed by atoms with Crippen LogP contribution in [-0.4, -0.2) is 12.9 Å². The van der Waals surface area contributed by atoms with Crippen molar-refractivity contribution in [3.8, 4) is 5.75 Å². The summed E-state index contributed by atoms with van der Waals surface area (Å²) < 4.78 is 5.63. The molecule has 0 atom stereocenters. The fraction of sp³-hybridized carbons (Fsp3) is 0.462. The molecule has 0 spiro atoms. The van der Waals surface area contributed by atoms with Gasteiger partial charge in [-0.25, -0.2) is 0 Å². The number of aldehydes is 1. The first-order chi connectivity index (χ1) is 7.34. The highest BCUT2D eigenvalue weighted by Gasteiger charge is 1.96. The Morgan fingerprint density at radius 1 is 1.20 bits per heavy atom. The second kappa shape index (κ2) is 7.04. The minimum Gasteiger partial charge on any atom is -0.493 e. The van der Waals surface area contributed by atoms with E-state index in [0.29, 0.717) is 6.42 Å². The first-order valence-electron chi connectivity index (χ1n) is 5.46. The van der Waals surface area contributed by atoms with Gasteiger partial charge in [-0.3, -0.25) is 0 Å². The largest absolute Gasteiger partial charge is 0.493 e. The molecule has 2 nitrogen and oxygen atoms in total. The first kappa shape index (κ1) is 11.8. The van der Waals surface area contributed by atoms with E-state index in [1.54, 1.807) is 0 Å². The number of carbonyl (C=O) groups is 1. The summed E-state index contributed by atoms with van der Waals surface area (Å²) in [6, 6.07) is 8.02. The summed E-state index contributed by atoms with van der Waals surface area (Å²) in [6.45, 7) is 2.78. The smallest absolute Gasteiger partial charge is 0.122 e. The molecule has 0 radical (unpaired) electrons. The van der Waals surface area contributed by atoms with Crippen LogP contribution >= 0.6 is 0 Å². The van der Waals surface area contributed by atoms with Crippen molar-refractivity contribution in [3.63, 3.8) is 0 Å². The first-order valence-corrected chi connectivity index (χ1v) is 5.46. The van der Waals surface area contributed by atoms with Crippen LogP contribution in [0.25, 0.3) is 0 Å². The zero-order valence-corrected chi connectivity index (χ0v) is 9.24. The Labute approximate surface area is 91.3 Å². The lowest BCUT2D eigenvalue weighted by molar-refractivity contribution is -0.107. The van der Waals surface area contributed by atoms with Crippen LogP contribution in [0.2, 0.25) is 0 Å². The number of unbranched alkanes of at least 4 members (excludes halogenated alkanes) is 3. The van der Waals surface area contributed by atoms with Crippen molar-refractivity contribution in [3.05, 3.63) is 29.8 Å². The molecule has 0 bridgehead atoms. The highest BCUT2D eigenvalue weighted by Crippen LogP contribution is 2.16. The van der Waals surface area contributed by atoms with Crippen molar-refractivity contribution in [1.29, 1.82) is 0 Å². The third-order valence-corrected chi connectivity index (χ3v) is 2.32. The van der Waals surface area contributed by atoms with Crippen LogP contribution in [-0.2, 0) is 4.79 Å². The average Bonchev–Trinajstić information content (AvgIpc) is 2.25. The van der Waals surface area contributed by atoms with Crippen LogP contribution in [0.15, 0.2) is 24.3 Å². The Morgan fingerprint density at radius 2 is 2.00 bits per heavy atom. The fourth-order valence-corrected chi connectivity index (χ4v) is 1.41. The summed E-state index contributed by atoms with van der Waals surface area (Å²) >= 11 is 0. The highest BCUT2D eigenvalue weighted by molar-refractivity contribution is 5.48. The van der Waals surface area contributed by atoms with Gasteiger partial charge in [-0.2, -0.15) is 0 Å². The molecule has 0 aliphatic carbocycles. The third kappa shape index (κ3) is 4.63. The maximum absolute atomic E-state index is 10.1. The van der Waals surface area contributed by atoms with E-state index in [9.17, 15) is 4.79 Å². The predicted molar refractivity (Wildman–Crippen MR) is 61.2 cm³/mol. The number of rotatable bonds is 7. The summed E-state index contributed by atoms with van der Waals surface area (Å²) in [5.41, 5.74) is 1.17. The lowest BCUT2D eigenvalue weighted by Crippen LogP contribution is -1.98. The van der Waals surface area contributed by atoms with Crippen LogP contribution in [0.5, 0.6) is 5.75 Å². The maximum Gasteiger partial charge on any atom is 0.122 e. The molecule has 0 aliphatic rings. The molecule has 0 amide bonds. The van der Waals surface area contributed by atoms with E-state index in [4.69, 9.17) is 4.74 Å². The van der Waals surface area contributed by atoms with Crippen molar-refractivity contribution in [2.45, 2.75) is 32.6 Å². The van der Waals surface area contributed by atoms with Crippen LogP contribution < -0.4 is 4.74 Å². The van der Waals surface area contributed by atoms with Gasteiger partial charge < -0.3 is 9.53 Å². The van der Waals surface area contributed by atoms with E-state index in [0.717, 1.165) is 37.9 Å². The van der Waals surface area contributed by atoms with Crippen molar-refractivity contribution < 1.29 is 9.53 Å². The molecule has 2 heteroatoms. The summed E-state index contributed by atoms with van der Waals surface area (Å²) in [6.07, 6.45) is 4.69. The van der Waals surface area contributed by atoms with Gasteiger partial charge in [-0.05, 0) is 37.8 Å². The molecule has 1 rings (SSSR count). The molecule has 82 valence electrons. The van der Waals surface area contributed by atoms with E-state index in [1.165, 1.54) is 5.56 Å². The molecule has 0 aromatic heterocycles. The van der Waals surface area contributed by atoms with E-state index >= 15 is 0 Å². The molecule has 0 N–H and O–H groups in total. The predicted octanol–water partition coefficient (Wildman–Crippen LogP) is 3.13. The lowest BCUT2D eigenvalue weighted by atomic mass is 10.2. The monoisotopic (exact) mass is 206 g/mol. The Bertz CT molecular complexity index is 294. The molecule has 0 aliphatic heterocycles. The third-order valence-electron chi connectivity index (χ3n) is 2.32. The SMILES string of the molecule is Cc1ccccc1OCCCCCC=O. The maximum atomic E-state index is 10.1. The van der Waals surface area contributed by atoms with E-state index < -0.39 is 0 Å². The van der Waals surface area contributed by atoms with Crippen LogP contribution in [0.1, 0.15) is 31.2 Å². The zero-order chi connectivity index (χ0) is 10.9. The van der Waals surface area contributed by atoms with Gasteiger partial charge in [0.2, 0.25) is 0 Å². The van der Waals surface area contributed by atoms with Crippen LogP contribution in [0.3, 0.4) is 0 Å². The van der Waals surface area contributed by atoms with E-state index in [2.05, 4.69) is 0 Å². The molecule has 1 aromatic rings. The van der Waals surface area contributed by atoms with Crippen LogP contribution in [0.4, 0.5) is 0 Å². The molecule has 0 saturated carbocycles. The molecule has 0 fully saturated rings. The van der Waals surface area contributed by atoms with Gasteiger partial charge in [0.05, 0.1) is 6.61 Å².